The summed E-state index contributed by atoms with van der Waals surface area (Å²) in [4.78, 5) is 0. The molecule has 2 rings (SSSR count). The van der Waals surface area contributed by atoms with E-state index in [0.717, 1.165) is 23.1 Å². The summed E-state index contributed by atoms with van der Waals surface area (Å²) >= 11 is 0. The molecule has 0 fully saturated rings. The molecule has 2 atom stereocenters. The summed E-state index contributed by atoms with van der Waals surface area (Å²) in [6, 6.07) is 9.26. The molecule has 0 heterocycles. The SMILES string of the molecule is C=CCc1cc(C)c(OC(C)C(OC(C)(C)C)c2ccc(O)c(OC)c2)c(OC)c1. The highest BCUT2D eigenvalue weighted by Crippen LogP contribution is 2.38. The Morgan fingerprint density at radius 2 is 1.73 bits per heavy atom. The summed E-state index contributed by atoms with van der Waals surface area (Å²) in [6.45, 7) is 13.8. The number of hydrogen-bond donors (Lipinski definition) is 1. The summed E-state index contributed by atoms with van der Waals surface area (Å²) < 4.78 is 23.6. The van der Waals surface area contributed by atoms with Crippen LogP contribution < -0.4 is 14.2 Å². The van der Waals surface area contributed by atoms with Crippen molar-refractivity contribution in [2.24, 2.45) is 0 Å². The van der Waals surface area contributed by atoms with Gasteiger partial charge in [0.05, 0.1) is 19.8 Å². The van der Waals surface area contributed by atoms with Crippen LogP contribution in [-0.2, 0) is 11.2 Å². The van der Waals surface area contributed by atoms with E-state index in [9.17, 15) is 5.11 Å². The Bertz CT molecular complexity index is 867. The number of hydrogen-bond acceptors (Lipinski definition) is 5. The Morgan fingerprint density at radius 3 is 2.30 bits per heavy atom. The quantitative estimate of drug-likeness (QED) is 0.528. The predicted molar refractivity (Wildman–Crippen MR) is 120 cm³/mol. The van der Waals surface area contributed by atoms with E-state index in [4.69, 9.17) is 18.9 Å². The standard InChI is InChI=1S/C25H34O5/c1-9-10-18-13-16(2)23(22(14-18)28-8)29-17(3)24(30-25(4,5)6)19-11-12-20(26)21(15-19)27-7/h9,11-15,17,24,26H,1,10H2,2-8H3. The molecule has 164 valence electrons. The van der Waals surface area contributed by atoms with Crippen LogP contribution in [-0.4, -0.2) is 31.0 Å². The lowest BCUT2D eigenvalue weighted by Gasteiger charge is -2.33. The molecule has 1 N–H and O–H groups in total. The summed E-state index contributed by atoms with van der Waals surface area (Å²) in [7, 11) is 3.16. The van der Waals surface area contributed by atoms with Crippen molar-refractivity contribution in [3.05, 3.63) is 59.7 Å². The second-order valence-electron chi connectivity index (χ2n) is 8.34. The highest BCUT2D eigenvalue weighted by molar-refractivity contribution is 5.49. The van der Waals surface area contributed by atoms with Gasteiger partial charge in [-0.05, 0) is 75.9 Å². The second-order valence-corrected chi connectivity index (χ2v) is 8.34. The van der Waals surface area contributed by atoms with Gasteiger partial charge in [-0.1, -0.05) is 18.2 Å². The van der Waals surface area contributed by atoms with E-state index in [1.807, 2.05) is 52.8 Å². The number of phenols is 1. The summed E-state index contributed by atoms with van der Waals surface area (Å²) in [5.74, 6) is 1.84. The van der Waals surface area contributed by atoms with Crippen LogP contribution in [0.4, 0.5) is 0 Å². The van der Waals surface area contributed by atoms with E-state index in [2.05, 4.69) is 12.6 Å². The van der Waals surface area contributed by atoms with Crippen LogP contribution in [0.15, 0.2) is 43.0 Å². The number of ether oxygens (including phenoxy) is 4. The van der Waals surface area contributed by atoms with Crippen LogP contribution >= 0.6 is 0 Å². The van der Waals surface area contributed by atoms with Crippen molar-refractivity contribution in [3.8, 4) is 23.0 Å². The number of methoxy groups -OCH3 is 2. The van der Waals surface area contributed by atoms with Gasteiger partial charge >= 0.3 is 0 Å². The molecule has 0 aliphatic carbocycles. The van der Waals surface area contributed by atoms with Crippen molar-refractivity contribution in [2.75, 3.05) is 14.2 Å². The fourth-order valence-electron chi connectivity index (χ4n) is 3.34. The largest absolute Gasteiger partial charge is 0.504 e. The molecule has 2 unspecified atom stereocenters. The summed E-state index contributed by atoms with van der Waals surface area (Å²) in [6.07, 6.45) is 1.89. The van der Waals surface area contributed by atoms with Crippen LogP contribution in [0, 0.1) is 6.92 Å². The zero-order chi connectivity index (χ0) is 22.5. The molecule has 0 aromatic heterocycles. The Balaban J connectivity index is 2.42. The average molecular weight is 415 g/mol. The first-order valence-corrected chi connectivity index (χ1v) is 10.1. The first kappa shape index (κ1) is 23.6. The van der Waals surface area contributed by atoms with Crippen molar-refractivity contribution in [2.45, 2.75) is 58.8 Å². The van der Waals surface area contributed by atoms with Crippen molar-refractivity contribution in [1.29, 1.82) is 0 Å². The van der Waals surface area contributed by atoms with Crippen LogP contribution in [0.5, 0.6) is 23.0 Å². The lowest BCUT2D eigenvalue weighted by Crippen LogP contribution is -2.32. The van der Waals surface area contributed by atoms with E-state index >= 15 is 0 Å². The number of aryl methyl sites for hydroxylation is 1. The molecule has 0 saturated heterocycles. The Hall–Kier alpha value is -2.66. The minimum atomic E-state index is -0.402. The molecule has 0 aliphatic heterocycles. The molecule has 30 heavy (non-hydrogen) atoms. The molecule has 0 saturated carbocycles. The molecule has 2 aromatic carbocycles. The first-order valence-electron chi connectivity index (χ1n) is 10.1. The molecule has 0 radical (unpaired) electrons. The minimum Gasteiger partial charge on any atom is -0.504 e. The molecular formula is C25H34O5. The van der Waals surface area contributed by atoms with E-state index in [-0.39, 0.29) is 11.9 Å². The van der Waals surface area contributed by atoms with E-state index < -0.39 is 11.7 Å². The smallest absolute Gasteiger partial charge is 0.164 e. The van der Waals surface area contributed by atoms with Crippen LogP contribution in [0.3, 0.4) is 0 Å². The highest BCUT2D eigenvalue weighted by atomic mass is 16.6. The van der Waals surface area contributed by atoms with Crippen LogP contribution in [0.2, 0.25) is 0 Å². The zero-order valence-electron chi connectivity index (χ0n) is 19.1. The Kier molecular flexibility index (Phi) is 7.79. The number of benzene rings is 2. The lowest BCUT2D eigenvalue weighted by molar-refractivity contribution is -0.102. The van der Waals surface area contributed by atoms with Gasteiger partial charge in [-0.25, -0.2) is 0 Å². The van der Waals surface area contributed by atoms with Gasteiger partial charge in [0.1, 0.15) is 12.2 Å². The van der Waals surface area contributed by atoms with Gasteiger partial charge in [0, 0.05) is 0 Å². The van der Waals surface area contributed by atoms with Crippen molar-refractivity contribution >= 4 is 0 Å². The fraction of sp³-hybridized carbons (Fsp3) is 0.440. The number of allylic oxidation sites excluding steroid dienone is 1. The Morgan fingerprint density at radius 1 is 1.07 bits per heavy atom. The van der Waals surface area contributed by atoms with E-state index in [1.54, 1.807) is 19.2 Å². The van der Waals surface area contributed by atoms with Crippen molar-refractivity contribution < 1.29 is 24.1 Å². The molecule has 5 nitrogen and oxygen atoms in total. The van der Waals surface area contributed by atoms with Crippen LogP contribution in [0.25, 0.3) is 0 Å². The topological polar surface area (TPSA) is 57.2 Å². The van der Waals surface area contributed by atoms with Gasteiger partial charge in [-0.2, -0.15) is 0 Å². The third kappa shape index (κ3) is 5.92. The van der Waals surface area contributed by atoms with Crippen LogP contribution in [0.1, 0.15) is 50.5 Å². The molecule has 2 aromatic rings. The summed E-state index contributed by atoms with van der Waals surface area (Å²) in [5, 5.41) is 9.98. The second kappa shape index (κ2) is 9.90. The molecule has 0 bridgehead atoms. The average Bonchev–Trinajstić information content (AvgIpc) is 2.67. The third-order valence-corrected chi connectivity index (χ3v) is 4.64. The minimum absolute atomic E-state index is 0.0830. The number of rotatable bonds is 9. The van der Waals surface area contributed by atoms with Gasteiger partial charge in [0.15, 0.2) is 23.0 Å². The maximum atomic E-state index is 9.98. The number of aromatic hydroxyl groups is 1. The maximum absolute atomic E-state index is 9.98. The van der Waals surface area contributed by atoms with Gasteiger partial charge in [0.2, 0.25) is 0 Å². The summed E-state index contributed by atoms with van der Waals surface area (Å²) in [5.41, 5.74) is 2.55. The van der Waals surface area contributed by atoms with Gasteiger partial charge in [-0.3, -0.25) is 0 Å². The van der Waals surface area contributed by atoms with E-state index in [1.165, 1.54) is 7.11 Å². The fourth-order valence-corrected chi connectivity index (χ4v) is 3.34. The highest BCUT2D eigenvalue weighted by Gasteiger charge is 2.29. The normalized spacial score (nSPS) is 13.4. The molecule has 0 amide bonds. The van der Waals surface area contributed by atoms with Gasteiger partial charge in [0.25, 0.3) is 0 Å². The third-order valence-electron chi connectivity index (χ3n) is 4.64. The van der Waals surface area contributed by atoms with E-state index in [0.29, 0.717) is 17.2 Å². The Labute approximate surface area is 180 Å². The first-order chi connectivity index (χ1) is 14.1. The van der Waals surface area contributed by atoms with Crippen molar-refractivity contribution in [1.82, 2.24) is 0 Å². The lowest BCUT2D eigenvalue weighted by atomic mass is 10.0. The monoisotopic (exact) mass is 414 g/mol. The maximum Gasteiger partial charge on any atom is 0.164 e. The molecular weight excluding hydrogens is 380 g/mol. The molecule has 0 spiro atoms. The molecule has 5 heteroatoms. The molecule has 0 aliphatic rings. The van der Waals surface area contributed by atoms with Crippen molar-refractivity contribution in [3.63, 3.8) is 0 Å². The van der Waals surface area contributed by atoms with Gasteiger partial charge in [-0.15, -0.1) is 6.58 Å². The predicted octanol–water partition coefficient (Wildman–Crippen LogP) is 5.77. The zero-order valence-corrected chi connectivity index (χ0v) is 19.1. The number of phenolic OH excluding ortho intramolecular Hbond substituents is 1. The van der Waals surface area contributed by atoms with Gasteiger partial charge < -0.3 is 24.1 Å².